The second kappa shape index (κ2) is 8.87. The molecule has 0 spiro atoms. The molecule has 24 heavy (non-hydrogen) atoms. The SMILES string of the molecule is CN[C@@H](Cc1ccccc1)C(O)C(F)(F)CNCc1ccccc1. The van der Waals surface area contributed by atoms with Crippen LogP contribution in [0.15, 0.2) is 60.7 Å². The molecule has 0 saturated heterocycles. The quantitative estimate of drug-likeness (QED) is 0.660. The Hall–Kier alpha value is -1.82. The molecule has 0 bridgehead atoms. The minimum Gasteiger partial charge on any atom is -0.385 e. The Bertz CT molecular complexity index is 593. The van der Waals surface area contributed by atoms with E-state index in [4.69, 9.17) is 0 Å². The van der Waals surface area contributed by atoms with Crippen LogP contribution in [0, 0.1) is 0 Å². The smallest absolute Gasteiger partial charge is 0.287 e. The summed E-state index contributed by atoms with van der Waals surface area (Å²) in [5.41, 5.74) is 1.83. The van der Waals surface area contributed by atoms with Crippen LogP contribution >= 0.6 is 0 Å². The summed E-state index contributed by atoms with van der Waals surface area (Å²) in [5.74, 6) is -3.22. The lowest BCUT2D eigenvalue weighted by atomic mass is 9.97. The van der Waals surface area contributed by atoms with E-state index in [1.54, 1.807) is 7.05 Å². The van der Waals surface area contributed by atoms with Gasteiger partial charge in [-0.2, -0.15) is 0 Å². The van der Waals surface area contributed by atoms with Crippen LogP contribution in [0.5, 0.6) is 0 Å². The largest absolute Gasteiger partial charge is 0.385 e. The number of rotatable bonds is 9. The maximum absolute atomic E-state index is 14.3. The number of hydrogen-bond acceptors (Lipinski definition) is 3. The lowest BCUT2D eigenvalue weighted by Gasteiger charge is -2.30. The molecule has 2 atom stereocenters. The molecular formula is C19H24F2N2O. The number of nitrogens with one attached hydrogen (secondary N) is 2. The number of aliphatic hydroxyl groups is 1. The van der Waals surface area contributed by atoms with Gasteiger partial charge in [0.1, 0.15) is 6.10 Å². The molecule has 0 heterocycles. The first-order chi connectivity index (χ1) is 11.5. The Morgan fingerprint density at radius 2 is 1.50 bits per heavy atom. The fourth-order valence-electron chi connectivity index (χ4n) is 2.61. The topological polar surface area (TPSA) is 44.3 Å². The van der Waals surface area contributed by atoms with E-state index in [2.05, 4.69) is 10.6 Å². The van der Waals surface area contributed by atoms with Gasteiger partial charge in [0.05, 0.1) is 6.54 Å². The normalized spacial score (nSPS) is 14.3. The summed E-state index contributed by atoms with van der Waals surface area (Å²) in [7, 11) is 1.59. The summed E-state index contributed by atoms with van der Waals surface area (Å²) in [5, 5.41) is 15.7. The van der Waals surface area contributed by atoms with Gasteiger partial charge in [-0.25, -0.2) is 8.78 Å². The van der Waals surface area contributed by atoms with Crippen LogP contribution in [0.25, 0.3) is 0 Å². The van der Waals surface area contributed by atoms with Crippen LogP contribution in [-0.4, -0.2) is 36.8 Å². The zero-order chi connectivity index (χ0) is 17.4. The van der Waals surface area contributed by atoms with Gasteiger partial charge in [-0.3, -0.25) is 0 Å². The first-order valence-corrected chi connectivity index (χ1v) is 8.04. The van der Waals surface area contributed by atoms with Crippen LogP contribution in [-0.2, 0) is 13.0 Å². The molecule has 0 aliphatic rings. The van der Waals surface area contributed by atoms with Crippen LogP contribution in [0.2, 0.25) is 0 Å². The molecule has 2 aromatic rings. The molecule has 0 aliphatic heterocycles. The highest BCUT2D eigenvalue weighted by Gasteiger charge is 2.42. The van der Waals surface area contributed by atoms with Gasteiger partial charge in [-0.15, -0.1) is 0 Å². The van der Waals surface area contributed by atoms with Crippen LogP contribution in [0.3, 0.4) is 0 Å². The van der Waals surface area contributed by atoms with Crippen LogP contribution in [0.1, 0.15) is 11.1 Å². The van der Waals surface area contributed by atoms with Crippen molar-refractivity contribution >= 4 is 0 Å². The van der Waals surface area contributed by atoms with Crippen molar-refractivity contribution in [1.82, 2.24) is 10.6 Å². The van der Waals surface area contributed by atoms with E-state index >= 15 is 0 Å². The summed E-state index contributed by atoms with van der Waals surface area (Å²) < 4.78 is 28.6. The third-order valence-electron chi connectivity index (χ3n) is 4.02. The molecule has 2 rings (SSSR count). The highest BCUT2D eigenvalue weighted by molar-refractivity contribution is 5.17. The van der Waals surface area contributed by atoms with E-state index in [1.165, 1.54) is 0 Å². The third-order valence-corrected chi connectivity index (χ3v) is 4.02. The van der Waals surface area contributed by atoms with Crippen molar-refractivity contribution in [3.8, 4) is 0 Å². The third kappa shape index (κ3) is 5.37. The summed E-state index contributed by atoms with van der Waals surface area (Å²) in [6, 6.07) is 17.9. The Morgan fingerprint density at radius 1 is 0.958 bits per heavy atom. The second-order valence-corrected chi connectivity index (χ2v) is 5.88. The fourth-order valence-corrected chi connectivity index (χ4v) is 2.61. The highest BCUT2D eigenvalue weighted by atomic mass is 19.3. The highest BCUT2D eigenvalue weighted by Crippen LogP contribution is 2.22. The zero-order valence-electron chi connectivity index (χ0n) is 13.8. The molecule has 1 unspecified atom stereocenters. The summed E-state index contributed by atoms with van der Waals surface area (Å²) in [4.78, 5) is 0. The summed E-state index contributed by atoms with van der Waals surface area (Å²) in [6.07, 6.45) is -1.43. The first-order valence-electron chi connectivity index (χ1n) is 8.04. The summed E-state index contributed by atoms with van der Waals surface area (Å²) in [6.45, 7) is -0.234. The predicted octanol–water partition coefficient (Wildman–Crippen LogP) is 2.60. The van der Waals surface area contributed by atoms with Gasteiger partial charge < -0.3 is 15.7 Å². The van der Waals surface area contributed by atoms with Crippen molar-refractivity contribution in [1.29, 1.82) is 0 Å². The maximum Gasteiger partial charge on any atom is 0.287 e. The number of aliphatic hydroxyl groups excluding tert-OH is 1. The minimum absolute atomic E-state index is 0.339. The van der Waals surface area contributed by atoms with Gasteiger partial charge in [0.15, 0.2) is 0 Å². The minimum atomic E-state index is -3.22. The lowest BCUT2D eigenvalue weighted by molar-refractivity contribution is -0.118. The molecule has 3 N–H and O–H groups in total. The van der Waals surface area contributed by atoms with Crippen molar-refractivity contribution in [3.05, 3.63) is 71.8 Å². The lowest BCUT2D eigenvalue weighted by Crippen LogP contribution is -2.53. The van der Waals surface area contributed by atoms with Crippen molar-refractivity contribution in [2.24, 2.45) is 0 Å². The van der Waals surface area contributed by atoms with Crippen molar-refractivity contribution in [2.45, 2.75) is 31.0 Å². The Balaban J connectivity index is 1.90. The molecule has 0 radical (unpaired) electrons. The molecule has 130 valence electrons. The van der Waals surface area contributed by atoms with Gasteiger partial charge in [0.2, 0.25) is 0 Å². The number of likely N-dealkylation sites (N-methyl/N-ethyl adjacent to an activating group) is 1. The maximum atomic E-state index is 14.3. The first kappa shape index (κ1) is 18.5. The average Bonchev–Trinajstić information content (AvgIpc) is 2.60. The van der Waals surface area contributed by atoms with E-state index in [1.807, 2.05) is 60.7 Å². The van der Waals surface area contributed by atoms with E-state index in [0.717, 1.165) is 11.1 Å². The van der Waals surface area contributed by atoms with E-state index in [9.17, 15) is 13.9 Å². The van der Waals surface area contributed by atoms with Gasteiger partial charge in [0, 0.05) is 12.6 Å². The van der Waals surface area contributed by atoms with Crippen LogP contribution in [0.4, 0.5) is 8.78 Å². The van der Waals surface area contributed by atoms with Gasteiger partial charge in [-0.1, -0.05) is 60.7 Å². The summed E-state index contributed by atoms with van der Waals surface area (Å²) >= 11 is 0. The molecule has 2 aromatic carbocycles. The molecule has 0 aromatic heterocycles. The van der Waals surface area contributed by atoms with Gasteiger partial charge >= 0.3 is 0 Å². The Labute approximate surface area is 141 Å². The number of benzene rings is 2. The van der Waals surface area contributed by atoms with Crippen molar-refractivity contribution in [2.75, 3.05) is 13.6 Å². The van der Waals surface area contributed by atoms with E-state index in [0.29, 0.717) is 13.0 Å². The molecule has 0 fully saturated rings. The number of hydrogen-bond donors (Lipinski definition) is 3. The molecule has 0 aliphatic carbocycles. The van der Waals surface area contributed by atoms with Crippen LogP contribution < -0.4 is 10.6 Å². The molecule has 3 nitrogen and oxygen atoms in total. The zero-order valence-corrected chi connectivity index (χ0v) is 13.8. The fraction of sp³-hybridized carbons (Fsp3) is 0.368. The Morgan fingerprint density at radius 3 is 2.04 bits per heavy atom. The van der Waals surface area contributed by atoms with Crippen molar-refractivity contribution in [3.63, 3.8) is 0 Å². The number of alkyl halides is 2. The Kier molecular flexibility index (Phi) is 6.85. The van der Waals surface area contributed by atoms with E-state index < -0.39 is 24.6 Å². The second-order valence-electron chi connectivity index (χ2n) is 5.88. The molecule has 0 saturated carbocycles. The van der Waals surface area contributed by atoms with Gasteiger partial charge in [-0.05, 0) is 24.6 Å². The molecule has 5 heteroatoms. The number of halogens is 2. The van der Waals surface area contributed by atoms with Crippen molar-refractivity contribution < 1.29 is 13.9 Å². The average molecular weight is 334 g/mol. The molecular weight excluding hydrogens is 310 g/mol. The standard InChI is InChI=1S/C19H24F2N2O/c1-22-17(12-15-8-4-2-5-9-15)18(24)19(20,21)14-23-13-16-10-6-3-7-11-16/h2-11,17-18,22-24H,12-14H2,1H3/t17-,18?/m0/s1. The van der Waals surface area contributed by atoms with E-state index in [-0.39, 0.29) is 0 Å². The monoisotopic (exact) mass is 334 g/mol. The molecule has 0 amide bonds. The predicted molar refractivity (Wildman–Crippen MR) is 92.1 cm³/mol. The van der Waals surface area contributed by atoms with Gasteiger partial charge in [0.25, 0.3) is 5.92 Å².